The van der Waals surface area contributed by atoms with Gasteiger partial charge in [-0.15, -0.1) is 0 Å². The number of nitrogens with zero attached hydrogens (tertiary/aromatic N) is 3. The molecule has 1 atom stereocenters. The van der Waals surface area contributed by atoms with Crippen LogP contribution in [0.2, 0.25) is 0 Å². The molecule has 7 heteroatoms. The van der Waals surface area contributed by atoms with Crippen LogP contribution in [0.5, 0.6) is 0 Å². The highest BCUT2D eigenvalue weighted by molar-refractivity contribution is 5.93. The van der Waals surface area contributed by atoms with Crippen molar-refractivity contribution >= 4 is 17.8 Å². The second kappa shape index (κ2) is 7.15. The second-order valence-corrected chi connectivity index (χ2v) is 6.93. The van der Waals surface area contributed by atoms with Gasteiger partial charge in [-0.3, -0.25) is 9.59 Å². The SMILES string of the molecule is Cc1cc(C(=O)N[C@@H]2CC(=O)N(CC3CCCCC3)C2)nc(N)n1. The van der Waals surface area contributed by atoms with Crippen LogP contribution in [0, 0.1) is 12.8 Å². The molecule has 3 rings (SSSR count). The van der Waals surface area contributed by atoms with Crippen LogP contribution < -0.4 is 11.1 Å². The smallest absolute Gasteiger partial charge is 0.270 e. The molecule has 3 N–H and O–H groups in total. The van der Waals surface area contributed by atoms with Crippen molar-refractivity contribution in [1.82, 2.24) is 20.2 Å². The maximum Gasteiger partial charge on any atom is 0.270 e. The van der Waals surface area contributed by atoms with Crippen LogP contribution in [0.4, 0.5) is 5.95 Å². The number of hydrogen-bond donors (Lipinski definition) is 2. The third-order valence-corrected chi connectivity index (χ3v) is 4.86. The molecule has 0 aromatic carbocycles. The molecule has 1 saturated heterocycles. The molecule has 0 radical (unpaired) electrons. The zero-order chi connectivity index (χ0) is 17.1. The van der Waals surface area contributed by atoms with Crippen LogP contribution in [0.25, 0.3) is 0 Å². The molecule has 0 spiro atoms. The number of rotatable bonds is 4. The molecule has 2 aliphatic rings. The molecule has 130 valence electrons. The highest BCUT2D eigenvalue weighted by Crippen LogP contribution is 2.26. The van der Waals surface area contributed by atoms with E-state index in [9.17, 15) is 9.59 Å². The summed E-state index contributed by atoms with van der Waals surface area (Å²) in [5.74, 6) is 0.525. The van der Waals surface area contributed by atoms with Gasteiger partial charge < -0.3 is 16.0 Å². The first-order valence-electron chi connectivity index (χ1n) is 8.71. The van der Waals surface area contributed by atoms with Gasteiger partial charge in [0.05, 0.1) is 6.04 Å². The Morgan fingerprint density at radius 3 is 2.79 bits per heavy atom. The quantitative estimate of drug-likeness (QED) is 0.865. The number of nitrogen functional groups attached to an aromatic ring is 1. The summed E-state index contributed by atoms with van der Waals surface area (Å²) in [7, 11) is 0. The Labute approximate surface area is 142 Å². The average molecular weight is 331 g/mol. The number of aromatic nitrogens is 2. The summed E-state index contributed by atoms with van der Waals surface area (Å²) in [5, 5.41) is 2.90. The van der Waals surface area contributed by atoms with Crippen molar-refractivity contribution in [1.29, 1.82) is 0 Å². The summed E-state index contributed by atoms with van der Waals surface area (Å²) in [6.07, 6.45) is 6.62. The number of carbonyl (C=O) groups is 2. The first kappa shape index (κ1) is 16.7. The number of nitrogens with two attached hydrogens (primary N) is 1. The van der Waals surface area contributed by atoms with Gasteiger partial charge in [-0.25, -0.2) is 9.97 Å². The highest BCUT2D eigenvalue weighted by atomic mass is 16.2. The summed E-state index contributed by atoms with van der Waals surface area (Å²) in [5.41, 5.74) is 6.48. The lowest BCUT2D eigenvalue weighted by Crippen LogP contribution is -2.38. The molecule has 1 aliphatic carbocycles. The molecule has 2 fully saturated rings. The number of amides is 2. The van der Waals surface area contributed by atoms with Crippen LogP contribution >= 0.6 is 0 Å². The summed E-state index contributed by atoms with van der Waals surface area (Å²) in [4.78, 5) is 34.4. The maximum absolute atomic E-state index is 12.3. The van der Waals surface area contributed by atoms with E-state index in [1.165, 1.54) is 32.1 Å². The molecular formula is C17H25N5O2. The van der Waals surface area contributed by atoms with Crippen LogP contribution in [-0.4, -0.2) is 45.8 Å². The fraction of sp³-hybridized carbons (Fsp3) is 0.647. The van der Waals surface area contributed by atoms with E-state index in [0.717, 1.165) is 6.54 Å². The average Bonchev–Trinajstić information content (AvgIpc) is 2.87. The molecular weight excluding hydrogens is 306 g/mol. The zero-order valence-electron chi connectivity index (χ0n) is 14.1. The first-order chi connectivity index (χ1) is 11.5. The largest absolute Gasteiger partial charge is 0.368 e. The van der Waals surface area contributed by atoms with Gasteiger partial charge in [0, 0.05) is 25.2 Å². The van der Waals surface area contributed by atoms with Crippen molar-refractivity contribution < 1.29 is 9.59 Å². The van der Waals surface area contributed by atoms with Crippen molar-refractivity contribution in [2.75, 3.05) is 18.8 Å². The van der Waals surface area contributed by atoms with Crippen LogP contribution in [0.3, 0.4) is 0 Å². The topological polar surface area (TPSA) is 101 Å². The van der Waals surface area contributed by atoms with Gasteiger partial charge in [0.15, 0.2) is 0 Å². The third kappa shape index (κ3) is 4.01. The summed E-state index contributed by atoms with van der Waals surface area (Å²) < 4.78 is 0. The van der Waals surface area contributed by atoms with Crippen molar-refractivity contribution in [2.45, 2.75) is 51.5 Å². The van der Waals surface area contributed by atoms with E-state index >= 15 is 0 Å². The lowest BCUT2D eigenvalue weighted by atomic mass is 9.89. The van der Waals surface area contributed by atoms with Crippen molar-refractivity contribution in [3.63, 3.8) is 0 Å². The monoisotopic (exact) mass is 331 g/mol. The molecule has 0 bridgehead atoms. The van der Waals surface area contributed by atoms with Crippen LogP contribution in [0.15, 0.2) is 6.07 Å². The number of carbonyl (C=O) groups excluding carboxylic acids is 2. The van der Waals surface area contributed by atoms with E-state index in [0.29, 0.717) is 24.6 Å². The number of nitrogens with one attached hydrogen (secondary N) is 1. The number of aryl methyl sites for hydroxylation is 1. The Morgan fingerprint density at radius 2 is 2.08 bits per heavy atom. The number of hydrogen-bond acceptors (Lipinski definition) is 5. The lowest BCUT2D eigenvalue weighted by molar-refractivity contribution is -0.128. The van der Waals surface area contributed by atoms with E-state index in [2.05, 4.69) is 15.3 Å². The molecule has 2 heterocycles. The van der Waals surface area contributed by atoms with Crippen molar-refractivity contribution in [3.05, 3.63) is 17.5 Å². The van der Waals surface area contributed by atoms with Gasteiger partial charge in [0.2, 0.25) is 11.9 Å². The predicted molar refractivity (Wildman–Crippen MR) is 90.2 cm³/mol. The molecule has 7 nitrogen and oxygen atoms in total. The second-order valence-electron chi connectivity index (χ2n) is 6.93. The Hall–Kier alpha value is -2.18. The van der Waals surface area contributed by atoms with Crippen molar-refractivity contribution in [3.8, 4) is 0 Å². The molecule has 2 amide bonds. The van der Waals surface area contributed by atoms with E-state index in [1.54, 1.807) is 13.0 Å². The van der Waals surface area contributed by atoms with E-state index in [4.69, 9.17) is 5.73 Å². The van der Waals surface area contributed by atoms with Gasteiger partial charge in [0.25, 0.3) is 5.91 Å². The Bertz CT molecular complexity index is 607. The molecule has 1 aromatic heterocycles. The number of likely N-dealkylation sites (tertiary alicyclic amines) is 1. The molecule has 0 unspecified atom stereocenters. The van der Waals surface area contributed by atoms with Gasteiger partial charge in [-0.05, 0) is 31.7 Å². The third-order valence-electron chi connectivity index (χ3n) is 4.86. The van der Waals surface area contributed by atoms with Gasteiger partial charge in [-0.2, -0.15) is 0 Å². The maximum atomic E-state index is 12.3. The molecule has 1 aromatic rings. The fourth-order valence-corrected chi connectivity index (χ4v) is 3.69. The van der Waals surface area contributed by atoms with Gasteiger partial charge in [0.1, 0.15) is 5.69 Å². The predicted octanol–water partition coefficient (Wildman–Crippen LogP) is 1.28. The summed E-state index contributed by atoms with van der Waals surface area (Å²) >= 11 is 0. The minimum atomic E-state index is -0.301. The molecule has 1 aliphatic heterocycles. The lowest BCUT2D eigenvalue weighted by Gasteiger charge is -2.27. The van der Waals surface area contributed by atoms with Crippen LogP contribution in [0.1, 0.15) is 54.7 Å². The van der Waals surface area contributed by atoms with Gasteiger partial charge >= 0.3 is 0 Å². The fourth-order valence-electron chi connectivity index (χ4n) is 3.69. The standard InChI is InChI=1S/C17H25N5O2/c1-11-7-14(21-17(18)19-11)16(24)20-13-8-15(23)22(10-13)9-12-5-3-2-4-6-12/h7,12-13H,2-6,8-10H2,1H3,(H,20,24)(H2,18,19,21)/t13-/m1/s1. The Kier molecular flexibility index (Phi) is 4.97. The van der Waals surface area contributed by atoms with Gasteiger partial charge in [-0.1, -0.05) is 19.3 Å². The van der Waals surface area contributed by atoms with Crippen LogP contribution in [-0.2, 0) is 4.79 Å². The Balaban J connectivity index is 1.56. The molecule has 24 heavy (non-hydrogen) atoms. The van der Waals surface area contributed by atoms with E-state index in [1.807, 2.05) is 4.90 Å². The zero-order valence-corrected chi connectivity index (χ0v) is 14.1. The Morgan fingerprint density at radius 1 is 1.33 bits per heavy atom. The minimum absolute atomic E-state index is 0.0848. The normalized spacial score (nSPS) is 22.0. The first-order valence-corrected chi connectivity index (χ1v) is 8.71. The van der Waals surface area contributed by atoms with E-state index < -0.39 is 0 Å². The summed E-state index contributed by atoms with van der Waals surface area (Å²) in [6, 6.07) is 1.44. The molecule has 1 saturated carbocycles. The van der Waals surface area contributed by atoms with Crippen molar-refractivity contribution in [2.24, 2.45) is 5.92 Å². The number of anilines is 1. The summed E-state index contributed by atoms with van der Waals surface area (Å²) in [6.45, 7) is 3.17. The van der Waals surface area contributed by atoms with E-state index in [-0.39, 0.29) is 29.5 Å². The highest BCUT2D eigenvalue weighted by Gasteiger charge is 2.32. The minimum Gasteiger partial charge on any atom is -0.368 e.